The average Bonchev–Trinajstić information content (AvgIpc) is 2.26. The number of hydrogen-bond acceptors (Lipinski definition) is 3. The van der Waals surface area contributed by atoms with Crippen molar-refractivity contribution in [3.05, 3.63) is 0 Å². The van der Waals surface area contributed by atoms with Crippen molar-refractivity contribution < 1.29 is 19.8 Å². The van der Waals surface area contributed by atoms with E-state index in [-0.39, 0.29) is 25.3 Å². The lowest BCUT2D eigenvalue weighted by Gasteiger charge is -2.37. The summed E-state index contributed by atoms with van der Waals surface area (Å²) in [5.74, 6) is -0.903. The van der Waals surface area contributed by atoms with Crippen LogP contribution in [0.1, 0.15) is 58.8 Å². The van der Waals surface area contributed by atoms with Gasteiger partial charge in [-0.25, -0.2) is 0 Å². The summed E-state index contributed by atoms with van der Waals surface area (Å²) < 4.78 is 0. The molecular weight excluding hydrogens is 258 g/mol. The summed E-state index contributed by atoms with van der Waals surface area (Å²) in [6.07, 6.45) is 5.06. The second-order valence-corrected chi connectivity index (χ2v) is 6.87. The zero-order valence-electron chi connectivity index (χ0n) is 12.8. The number of carbonyl (C=O) groups excluding carboxylic acids is 1. The van der Waals surface area contributed by atoms with Gasteiger partial charge in [0.15, 0.2) is 0 Å². The van der Waals surface area contributed by atoms with Gasteiger partial charge in [0, 0.05) is 20.0 Å². The predicted molar refractivity (Wildman–Crippen MR) is 76.3 cm³/mol. The van der Waals surface area contributed by atoms with Gasteiger partial charge in [-0.15, -0.1) is 0 Å². The molecule has 1 aliphatic carbocycles. The van der Waals surface area contributed by atoms with E-state index in [0.29, 0.717) is 0 Å². The van der Waals surface area contributed by atoms with Gasteiger partial charge in [0.1, 0.15) is 0 Å². The standard InChI is InChI=1S/C15H27NO4/c1-14(2,20)11-16(3)12(17)9-15(10-13(18)19)7-5-4-6-8-15/h20H,4-11H2,1-3H3,(H,18,19). The minimum Gasteiger partial charge on any atom is -0.481 e. The lowest BCUT2D eigenvalue weighted by atomic mass is 9.69. The molecule has 1 aliphatic rings. The van der Waals surface area contributed by atoms with Crippen LogP contribution in [0, 0.1) is 5.41 Å². The summed E-state index contributed by atoms with van der Waals surface area (Å²) >= 11 is 0. The smallest absolute Gasteiger partial charge is 0.303 e. The fourth-order valence-corrected chi connectivity index (χ4v) is 3.16. The molecule has 0 unspecified atom stereocenters. The molecule has 0 spiro atoms. The molecule has 0 aromatic heterocycles. The van der Waals surface area contributed by atoms with Gasteiger partial charge in [-0.2, -0.15) is 0 Å². The number of aliphatic hydroxyl groups is 1. The maximum atomic E-state index is 12.3. The Morgan fingerprint density at radius 2 is 1.70 bits per heavy atom. The second kappa shape index (κ2) is 6.57. The highest BCUT2D eigenvalue weighted by Crippen LogP contribution is 2.42. The van der Waals surface area contributed by atoms with Gasteiger partial charge in [0.2, 0.25) is 5.91 Å². The molecule has 2 N–H and O–H groups in total. The molecule has 5 heteroatoms. The number of carbonyl (C=O) groups is 2. The molecule has 0 atom stereocenters. The Bertz CT molecular complexity index is 353. The topological polar surface area (TPSA) is 77.8 Å². The van der Waals surface area contributed by atoms with Crippen LogP contribution in [0.25, 0.3) is 0 Å². The van der Waals surface area contributed by atoms with Crippen LogP contribution in [0.3, 0.4) is 0 Å². The van der Waals surface area contributed by atoms with E-state index in [1.165, 1.54) is 4.90 Å². The maximum Gasteiger partial charge on any atom is 0.303 e. The minimum atomic E-state index is -0.934. The Labute approximate surface area is 121 Å². The largest absolute Gasteiger partial charge is 0.481 e. The number of rotatable bonds is 6. The van der Waals surface area contributed by atoms with Crippen LogP contribution in [-0.4, -0.2) is 46.2 Å². The van der Waals surface area contributed by atoms with E-state index in [0.717, 1.165) is 32.1 Å². The van der Waals surface area contributed by atoms with Crippen molar-refractivity contribution in [2.24, 2.45) is 5.41 Å². The van der Waals surface area contributed by atoms with Crippen LogP contribution >= 0.6 is 0 Å². The molecule has 1 rings (SSSR count). The Balaban J connectivity index is 2.69. The first-order valence-corrected chi connectivity index (χ1v) is 7.32. The fourth-order valence-electron chi connectivity index (χ4n) is 3.16. The van der Waals surface area contributed by atoms with Crippen molar-refractivity contribution in [1.82, 2.24) is 4.90 Å². The maximum absolute atomic E-state index is 12.3. The molecule has 5 nitrogen and oxygen atoms in total. The normalized spacial score (nSPS) is 18.6. The summed E-state index contributed by atoms with van der Waals surface area (Å²) in [6, 6.07) is 0. The van der Waals surface area contributed by atoms with E-state index in [1.54, 1.807) is 20.9 Å². The Morgan fingerprint density at radius 3 is 2.15 bits per heavy atom. The number of aliphatic carboxylic acids is 1. The molecule has 1 saturated carbocycles. The van der Waals surface area contributed by atoms with E-state index in [2.05, 4.69) is 0 Å². The number of nitrogens with zero attached hydrogens (tertiary/aromatic N) is 1. The first-order valence-electron chi connectivity index (χ1n) is 7.32. The highest BCUT2D eigenvalue weighted by Gasteiger charge is 2.37. The number of amides is 1. The first kappa shape index (κ1) is 17.0. The summed E-state index contributed by atoms with van der Waals surface area (Å²) in [4.78, 5) is 24.9. The Hall–Kier alpha value is -1.10. The van der Waals surface area contributed by atoms with Gasteiger partial charge in [-0.1, -0.05) is 19.3 Å². The van der Waals surface area contributed by atoms with Crippen LogP contribution in [0.4, 0.5) is 0 Å². The zero-order chi connectivity index (χ0) is 15.4. The predicted octanol–water partition coefficient (Wildman–Crippen LogP) is 2.03. The van der Waals surface area contributed by atoms with Crippen molar-refractivity contribution >= 4 is 11.9 Å². The summed E-state index contributed by atoms with van der Waals surface area (Å²) in [7, 11) is 1.66. The number of carboxylic acid groups (broad SMARTS) is 1. The lowest BCUT2D eigenvalue weighted by Crippen LogP contribution is -2.42. The van der Waals surface area contributed by atoms with Gasteiger partial charge in [-0.3, -0.25) is 9.59 Å². The number of likely N-dealkylation sites (N-methyl/N-ethyl adjacent to an activating group) is 1. The van der Waals surface area contributed by atoms with Crippen LogP contribution in [0.2, 0.25) is 0 Å². The molecule has 0 aromatic carbocycles. The highest BCUT2D eigenvalue weighted by atomic mass is 16.4. The fraction of sp³-hybridized carbons (Fsp3) is 0.867. The quantitative estimate of drug-likeness (QED) is 0.782. The van der Waals surface area contributed by atoms with Crippen molar-refractivity contribution in [2.75, 3.05) is 13.6 Å². The van der Waals surface area contributed by atoms with Crippen LogP contribution in [0.5, 0.6) is 0 Å². The monoisotopic (exact) mass is 285 g/mol. The third-order valence-corrected chi connectivity index (χ3v) is 4.02. The van der Waals surface area contributed by atoms with Crippen LogP contribution in [0.15, 0.2) is 0 Å². The van der Waals surface area contributed by atoms with Gasteiger partial charge >= 0.3 is 5.97 Å². The summed E-state index contributed by atoms with van der Waals surface area (Å²) in [5, 5.41) is 18.9. The Morgan fingerprint density at radius 1 is 1.15 bits per heavy atom. The highest BCUT2D eigenvalue weighted by molar-refractivity contribution is 5.78. The molecule has 20 heavy (non-hydrogen) atoms. The molecule has 0 aromatic rings. The third kappa shape index (κ3) is 5.49. The van der Waals surface area contributed by atoms with E-state index in [1.807, 2.05) is 0 Å². The van der Waals surface area contributed by atoms with E-state index in [4.69, 9.17) is 5.11 Å². The molecular formula is C15H27NO4. The Kier molecular flexibility index (Phi) is 5.57. The third-order valence-electron chi connectivity index (χ3n) is 4.02. The van der Waals surface area contributed by atoms with Crippen molar-refractivity contribution in [3.63, 3.8) is 0 Å². The minimum absolute atomic E-state index is 0.0646. The molecule has 1 fully saturated rings. The van der Waals surface area contributed by atoms with E-state index < -0.39 is 17.0 Å². The SMILES string of the molecule is CN(CC(C)(C)O)C(=O)CC1(CC(=O)O)CCCCC1. The average molecular weight is 285 g/mol. The molecule has 0 saturated heterocycles. The van der Waals surface area contributed by atoms with Crippen molar-refractivity contribution in [3.8, 4) is 0 Å². The van der Waals surface area contributed by atoms with Crippen molar-refractivity contribution in [2.45, 2.75) is 64.4 Å². The lowest BCUT2D eigenvalue weighted by molar-refractivity contribution is -0.143. The van der Waals surface area contributed by atoms with E-state index in [9.17, 15) is 14.7 Å². The molecule has 116 valence electrons. The molecule has 0 radical (unpaired) electrons. The van der Waals surface area contributed by atoms with Gasteiger partial charge < -0.3 is 15.1 Å². The number of hydrogen-bond donors (Lipinski definition) is 2. The second-order valence-electron chi connectivity index (χ2n) is 6.87. The van der Waals surface area contributed by atoms with Crippen LogP contribution in [-0.2, 0) is 9.59 Å². The molecule has 0 aliphatic heterocycles. The summed E-state index contributed by atoms with van der Waals surface area (Å²) in [6.45, 7) is 3.57. The van der Waals surface area contributed by atoms with Crippen LogP contribution < -0.4 is 0 Å². The van der Waals surface area contributed by atoms with Crippen molar-refractivity contribution in [1.29, 1.82) is 0 Å². The molecule has 0 bridgehead atoms. The molecule has 1 amide bonds. The van der Waals surface area contributed by atoms with E-state index >= 15 is 0 Å². The number of carboxylic acids is 1. The first-order chi connectivity index (χ1) is 9.14. The zero-order valence-corrected chi connectivity index (χ0v) is 12.8. The van der Waals surface area contributed by atoms with Gasteiger partial charge in [0.25, 0.3) is 0 Å². The van der Waals surface area contributed by atoms with Gasteiger partial charge in [-0.05, 0) is 32.1 Å². The van der Waals surface area contributed by atoms with Gasteiger partial charge in [0.05, 0.1) is 12.0 Å². The summed E-state index contributed by atoms with van der Waals surface area (Å²) in [5.41, 5.74) is -1.33. The molecule has 0 heterocycles.